The molecule has 170 valence electrons. The summed E-state index contributed by atoms with van der Waals surface area (Å²) in [4.78, 5) is 25.3. The second-order valence-electron chi connectivity index (χ2n) is 7.66. The second kappa shape index (κ2) is 8.72. The number of ether oxygens (including phenoxy) is 1. The first-order valence-electron chi connectivity index (χ1n) is 10.3. The third-order valence-corrected chi connectivity index (χ3v) is 5.97. The van der Waals surface area contributed by atoms with Crippen molar-refractivity contribution in [1.29, 1.82) is 0 Å². The Hall–Kier alpha value is -3.63. The van der Waals surface area contributed by atoms with E-state index in [2.05, 4.69) is 25.0 Å². The summed E-state index contributed by atoms with van der Waals surface area (Å²) >= 11 is 6.11. The van der Waals surface area contributed by atoms with Crippen molar-refractivity contribution in [1.82, 2.24) is 25.1 Å². The average molecular weight is 469 g/mol. The highest BCUT2D eigenvalue weighted by molar-refractivity contribution is 6.30. The van der Waals surface area contributed by atoms with Gasteiger partial charge in [0.05, 0.1) is 7.11 Å². The van der Waals surface area contributed by atoms with E-state index in [1.54, 1.807) is 19.2 Å². The number of fused-ring (bicyclic) bond motifs is 1. The molecule has 1 aromatic heterocycles. The number of nitrogens with zero attached hydrogens (tertiary/aromatic N) is 6. The first-order chi connectivity index (χ1) is 16.1. The van der Waals surface area contributed by atoms with E-state index in [4.69, 9.17) is 25.7 Å². The third kappa shape index (κ3) is 3.87. The summed E-state index contributed by atoms with van der Waals surface area (Å²) in [5, 5.41) is 10.6. The van der Waals surface area contributed by atoms with Crippen LogP contribution < -0.4 is 4.74 Å². The van der Waals surface area contributed by atoms with Gasteiger partial charge in [-0.05, 0) is 43.4 Å². The number of carbonyl (C=O) groups is 1. The minimum Gasteiger partial charge on any atom is -0.497 e. The molecule has 2 unspecified atom stereocenters. The largest absolute Gasteiger partial charge is 0.497 e. The number of carbonyl (C=O) groups excluding carboxylic acids is 1. The van der Waals surface area contributed by atoms with Crippen LogP contribution in [0, 0.1) is 0 Å². The summed E-state index contributed by atoms with van der Waals surface area (Å²) in [6.45, 7) is 1.73. The van der Waals surface area contributed by atoms with Gasteiger partial charge in [0.2, 0.25) is 11.7 Å². The quantitative estimate of drug-likeness (QED) is 0.506. The second-order valence-corrected chi connectivity index (χ2v) is 8.09. The summed E-state index contributed by atoms with van der Waals surface area (Å²) < 4.78 is 10.9. The van der Waals surface area contributed by atoms with Crippen LogP contribution in [0.25, 0.3) is 11.4 Å². The molecule has 0 radical (unpaired) electrons. The molecule has 1 saturated heterocycles. The molecule has 0 bridgehead atoms. The Morgan fingerprint density at radius 1 is 1.15 bits per heavy atom. The molecular weight excluding hydrogens is 448 g/mol. The molecule has 5 rings (SSSR count). The van der Waals surface area contributed by atoms with Gasteiger partial charge in [-0.2, -0.15) is 4.98 Å². The summed E-state index contributed by atoms with van der Waals surface area (Å²) in [6, 6.07) is 14.4. The molecule has 0 aliphatic carbocycles. The van der Waals surface area contributed by atoms with Crippen molar-refractivity contribution in [3.8, 4) is 17.1 Å². The van der Waals surface area contributed by atoms with Gasteiger partial charge in [0.1, 0.15) is 11.8 Å². The van der Waals surface area contributed by atoms with Gasteiger partial charge in [-0.15, -0.1) is 5.10 Å². The Balaban J connectivity index is 1.49. The van der Waals surface area contributed by atoms with Crippen LogP contribution in [0.15, 0.2) is 58.2 Å². The van der Waals surface area contributed by atoms with Crippen LogP contribution >= 0.6 is 11.6 Å². The highest BCUT2D eigenvalue weighted by Gasteiger charge is 2.49. The zero-order valence-electron chi connectivity index (χ0n) is 18.0. The van der Waals surface area contributed by atoms with Crippen LogP contribution in [0.3, 0.4) is 0 Å². The average Bonchev–Trinajstić information content (AvgIpc) is 3.45. The van der Waals surface area contributed by atoms with E-state index in [9.17, 15) is 4.79 Å². The molecule has 0 amide bonds. The number of hydrogen-bond donors (Lipinski definition) is 0. The van der Waals surface area contributed by atoms with E-state index >= 15 is 0 Å². The topological polar surface area (TPSA) is 96.5 Å². The predicted octanol–water partition coefficient (Wildman–Crippen LogP) is 2.78. The maximum Gasteiger partial charge on any atom is 0.322 e. The normalized spacial score (nSPS) is 20.4. The fraction of sp³-hybridized carbons (Fsp3) is 0.273. The highest BCUT2D eigenvalue weighted by atomic mass is 35.5. The molecule has 3 aromatic rings. The van der Waals surface area contributed by atoms with Crippen molar-refractivity contribution in [2.45, 2.75) is 12.2 Å². The third-order valence-electron chi connectivity index (χ3n) is 5.74. The number of hydrogen-bond acceptors (Lipinski definition) is 10. The van der Waals surface area contributed by atoms with E-state index in [1.807, 2.05) is 43.4 Å². The minimum atomic E-state index is -0.487. The van der Waals surface area contributed by atoms with Crippen LogP contribution in [0.4, 0.5) is 0 Å². The molecule has 11 heteroatoms. The fourth-order valence-corrected chi connectivity index (χ4v) is 4.32. The van der Waals surface area contributed by atoms with Gasteiger partial charge in [-0.1, -0.05) is 34.1 Å². The van der Waals surface area contributed by atoms with Crippen LogP contribution in [0.1, 0.15) is 17.5 Å². The molecule has 0 N–H and O–H groups in total. The maximum absolute atomic E-state index is 11.3. The molecule has 0 saturated carbocycles. The van der Waals surface area contributed by atoms with Crippen LogP contribution in [0.5, 0.6) is 5.75 Å². The van der Waals surface area contributed by atoms with Crippen molar-refractivity contribution in [3.63, 3.8) is 0 Å². The number of methoxy groups -OCH3 is 1. The zero-order chi connectivity index (χ0) is 22.9. The van der Waals surface area contributed by atoms with Crippen molar-refractivity contribution >= 4 is 23.9 Å². The summed E-state index contributed by atoms with van der Waals surface area (Å²) in [6.07, 6.45) is -0.487. The lowest BCUT2D eigenvalue weighted by Crippen LogP contribution is -2.57. The highest BCUT2D eigenvalue weighted by Crippen LogP contribution is 2.37. The fourth-order valence-electron chi connectivity index (χ4n) is 4.13. The lowest BCUT2D eigenvalue weighted by Gasteiger charge is -2.42. The molecule has 10 nitrogen and oxygen atoms in total. The lowest BCUT2D eigenvalue weighted by atomic mass is 10.1. The SMILES string of the molecule is COc1ccc(C2=NN(OC=O)C3C(c4nc(-c5cccc(Cl)c5)no4)N(C)CCN23)cc1. The number of hydroxylamine groups is 1. The molecule has 33 heavy (non-hydrogen) atoms. The lowest BCUT2D eigenvalue weighted by molar-refractivity contribution is -0.208. The van der Waals surface area contributed by atoms with E-state index in [0.29, 0.717) is 42.1 Å². The number of hydrazone groups is 1. The minimum absolute atomic E-state index is 0.357. The molecule has 2 aliphatic rings. The monoisotopic (exact) mass is 468 g/mol. The van der Waals surface area contributed by atoms with Gasteiger partial charge in [0.25, 0.3) is 0 Å². The number of piperazine rings is 1. The van der Waals surface area contributed by atoms with Gasteiger partial charge in [0.15, 0.2) is 12.0 Å². The number of amidine groups is 1. The number of benzene rings is 2. The summed E-state index contributed by atoms with van der Waals surface area (Å²) in [5.74, 6) is 2.23. The van der Waals surface area contributed by atoms with E-state index in [1.165, 1.54) is 5.17 Å². The molecule has 0 spiro atoms. The van der Waals surface area contributed by atoms with Crippen LogP contribution in [-0.2, 0) is 9.63 Å². The van der Waals surface area contributed by atoms with Crippen molar-refractivity contribution < 1.29 is 18.9 Å². The number of halogens is 1. The van der Waals surface area contributed by atoms with Crippen LogP contribution in [0.2, 0.25) is 5.02 Å². The molecule has 2 aliphatic heterocycles. The molecule has 2 atom stereocenters. The van der Waals surface area contributed by atoms with E-state index in [0.717, 1.165) is 16.9 Å². The van der Waals surface area contributed by atoms with Gasteiger partial charge in [0, 0.05) is 29.2 Å². The van der Waals surface area contributed by atoms with Crippen LogP contribution in [-0.4, -0.2) is 70.8 Å². The Kier molecular flexibility index (Phi) is 5.61. The van der Waals surface area contributed by atoms with Crippen molar-refractivity contribution in [3.05, 3.63) is 65.0 Å². The number of rotatable bonds is 6. The Morgan fingerprint density at radius 3 is 2.70 bits per heavy atom. The summed E-state index contributed by atoms with van der Waals surface area (Å²) in [7, 11) is 3.57. The number of likely N-dealkylation sites (N-methyl/N-ethyl adjacent to an activating group) is 1. The van der Waals surface area contributed by atoms with Gasteiger partial charge in [-0.25, -0.2) is 0 Å². The van der Waals surface area contributed by atoms with E-state index in [-0.39, 0.29) is 0 Å². The Labute approximate surface area is 194 Å². The smallest absolute Gasteiger partial charge is 0.322 e. The van der Waals surface area contributed by atoms with E-state index < -0.39 is 12.2 Å². The van der Waals surface area contributed by atoms with Gasteiger partial charge in [-0.3, -0.25) is 9.69 Å². The Bertz CT molecular complexity index is 1180. The molecule has 1 fully saturated rings. The maximum atomic E-state index is 11.3. The van der Waals surface area contributed by atoms with Gasteiger partial charge >= 0.3 is 6.47 Å². The summed E-state index contributed by atoms with van der Waals surface area (Å²) in [5.41, 5.74) is 1.61. The number of aromatic nitrogens is 2. The zero-order valence-corrected chi connectivity index (χ0v) is 18.7. The van der Waals surface area contributed by atoms with Crippen molar-refractivity contribution in [2.75, 3.05) is 27.2 Å². The molecule has 2 aromatic carbocycles. The first kappa shape index (κ1) is 21.2. The molecule has 3 heterocycles. The first-order valence-corrected chi connectivity index (χ1v) is 10.7. The predicted molar refractivity (Wildman–Crippen MR) is 119 cm³/mol. The van der Waals surface area contributed by atoms with Crippen molar-refractivity contribution in [2.24, 2.45) is 5.10 Å². The molecular formula is C22H21ClN6O4. The standard InChI is InChI=1S/C22H21ClN6O4/c1-27-10-11-28-20(14-6-8-17(31-2)9-7-14)25-29(32-13-30)22(28)18(27)21-24-19(26-33-21)15-4-3-5-16(23)12-15/h3-9,12-13,18,22H,10-11H2,1-2H3. The Morgan fingerprint density at radius 2 is 1.97 bits per heavy atom. The van der Waals surface area contributed by atoms with Gasteiger partial charge < -0.3 is 19.0 Å².